The van der Waals surface area contributed by atoms with Crippen molar-refractivity contribution in [2.75, 3.05) is 7.05 Å². The summed E-state index contributed by atoms with van der Waals surface area (Å²) in [5, 5.41) is 9.28. The quantitative estimate of drug-likeness (QED) is 0.452. The van der Waals surface area contributed by atoms with Crippen LogP contribution in [0.1, 0.15) is 36.8 Å². The van der Waals surface area contributed by atoms with Gasteiger partial charge in [0.2, 0.25) is 5.54 Å². The fourth-order valence-corrected chi connectivity index (χ4v) is 5.71. The molecule has 2 aromatic rings. The Morgan fingerprint density at radius 1 is 1.30 bits per heavy atom. The van der Waals surface area contributed by atoms with Gasteiger partial charge in [0.05, 0.1) is 17.7 Å². The van der Waals surface area contributed by atoms with Crippen LogP contribution in [0.5, 0.6) is 5.75 Å². The monoisotopic (exact) mass is 560 g/mol. The maximum Gasteiger partial charge on any atom is 0.266 e. The van der Waals surface area contributed by atoms with Crippen molar-refractivity contribution in [3.05, 3.63) is 53.6 Å². The number of benzene rings is 2. The maximum absolute atomic E-state index is 13.7. The van der Waals surface area contributed by atoms with Crippen LogP contribution in [0, 0.1) is 11.3 Å². The molecule has 7 nitrogen and oxygen atoms in total. The van der Waals surface area contributed by atoms with Crippen LogP contribution in [0.15, 0.2) is 47.5 Å². The molecule has 3 aliphatic rings. The van der Waals surface area contributed by atoms with E-state index in [1.165, 1.54) is 4.90 Å². The van der Waals surface area contributed by atoms with E-state index in [0.29, 0.717) is 42.6 Å². The topological polar surface area (TPSA) is 101 Å². The van der Waals surface area contributed by atoms with E-state index >= 15 is 0 Å². The number of hydrogen-bond donors (Lipinski definition) is 1. The summed E-state index contributed by atoms with van der Waals surface area (Å²) >= 11 is 1.60. The summed E-state index contributed by atoms with van der Waals surface area (Å²) in [6.07, 6.45) is 1.80. The average molecular weight is 560 g/mol. The molecule has 2 aliphatic heterocycles. The normalized spacial score (nSPS) is 29.0. The molecule has 2 spiro atoms. The van der Waals surface area contributed by atoms with Gasteiger partial charge in [-0.3, -0.25) is 9.69 Å². The molecule has 170 valence electrons. The molecule has 1 saturated carbocycles. The van der Waals surface area contributed by atoms with Crippen LogP contribution in [0.2, 0.25) is 0 Å². The molecule has 2 atom stereocenters. The lowest BCUT2D eigenvalue weighted by molar-refractivity contribution is -0.142. The molecule has 9 heteroatoms. The Morgan fingerprint density at radius 2 is 2.03 bits per heavy atom. The molecule has 33 heavy (non-hydrogen) atoms. The standard InChI is InChI=1S/C24H22FIN4O3/c1-30-20(31)24(29-22(30)28)18-12-16(15-4-2-3-14(11-15)13-27)5-6-19(18)33-23(24)9-7-17(8-10-23)32-21(25)26/h2-6,11-12,17,21H,7-10H2,1H3,(H2,28,29). The Morgan fingerprint density at radius 3 is 2.67 bits per heavy atom. The molecular weight excluding hydrogens is 538 g/mol. The van der Waals surface area contributed by atoms with Gasteiger partial charge in [-0.2, -0.15) is 5.26 Å². The number of ether oxygens (including phenoxy) is 2. The van der Waals surface area contributed by atoms with E-state index in [1.807, 2.05) is 30.3 Å². The number of fused-ring (bicyclic) bond motifs is 3. The third-order valence-electron chi connectivity index (χ3n) is 6.93. The minimum absolute atomic E-state index is 0.141. The number of hydrogen-bond acceptors (Lipinski definition) is 6. The van der Waals surface area contributed by atoms with Crippen LogP contribution in [-0.4, -0.2) is 39.9 Å². The molecule has 0 saturated heterocycles. The van der Waals surface area contributed by atoms with Gasteiger partial charge in [0.1, 0.15) is 11.4 Å². The second-order valence-corrected chi connectivity index (χ2v) is 9.62. The van der Waals surface area contributed by atoms with Gasteiger partial charge < -0.3 is 15.2 Å². The molecule has 1 aliphatic carbocycles. The number of nitriles is 1. The van der Waals surface area contributed by atoms with Gasteiger partial charge in [-0.05, 0) is 83.7 Å². The van der Waals surface area contributed by atoms with Crippen LogP contribution < -0.4 is 10.5 Å². The molecule has 2 aromatic carbocycles. The lowest BCUT2D eigenvalue weighted by Crippen LogP contribution is -2.58. The van der Waals surface area contributed by atoms with Gasteiger partial charge >= 0.3 is 0 Å². The number of nitrogens with two attached hydrogens (primary N) is 1. The zero-order chi connectivity index (χ0) is 23.4. The first-order valence-electron chi connectivity index (χ1n) is 10.7. The van der Waals surface area contributed by atoms with Crippen molar-refractivity contribution in [3.8, 4) is 22.9 Å². The SMILES string of the molecule is CN1C(=O)C2(N=C1N)c1cc(-c3cccc(C#N)c3)ccc1OC21CCC(OC(F)I)CC1. The molecule has 0 bridgehead atoms. The highest BCUT2D eigenvalue weighted by atomic mass is 127. The molecule has 0 radical (unpaired) electrons. The van der Waals surface area contributed by atoms with Gasteiger partial charge in [0, 0.05) is 12.6 Å². The average Bonchev–Trinajstić information content (AvgIpc) is 3.21. The van der Waals surface area contributed by atoms with Crippen LogP contribution >= 0.6 is 22.6 Å². The first kappa shape index (κ1) is 22.1. The smallest absolute Gasteiger partial charge is 0.266 e. The minimum atomic E-state index is -1.38. The highest BCUT2D eigenvalue weighted by Crippen LogP contribution is 2.59. The van der Waals surface area contributed by atoms with Crippen molar-refractivity contribution in [2.24, 2.45) is 10.7 Å². The first-order chi connectivity index (χ1) is 15.8. The van der Waals surface area contributed by atoms with Crippen molar-refractivity contribution in [2.45, 2.75) is 47.3 Å². The van der Waals surface area contributed by atoms with E-state index in [1.54, 1.807) is 41.8 Å². The van der Waals surface area contributed by atoms with Crippen molar-refractivity contribution < 1.29 is 18.7 Å². The molecule has 0 aromatic heterocycles. The van der Waals surface area contributed by atoms with E-state index in [-0.39, 0.29) is 18.0 Å². The Balaban J connectivity index is 1.61. The molecule has 5 rings (SSSR count). The van der Waals surface area contributed by atoms with Gasteiger partial charge in [-0.15, -0.1) is 0 Å². The summed E-state index contributed by atoms with van der Waals surface area (Å²) < 4.78 is 23.9. The largest absolute Gasteiger partial charge is 0.483 e. The number of guanidine groups is 1. The number of aliphatic imine (C=N–C) groups is 1. The number of likely N-dealkylation sites (N-methyl/N-ethyl adjacent to an activating group) is 1. The zero-order valence-electron chi connectivity index (χ0n) is 17.9. The Kier molecular flexibility index (Phi) is 5.33. The third-order valence-corrected chi connectivity index (χ3v) is 7.23. The Bertz CT molecular complexity index is 1200. The van der Waals surface area contributed by atoms with Gasteiger partial charge in [0.25, 0.3) is 10.3 Å². The number of halogens is 2. The van der Waals surface area contributed by atoms with Crippen molar-refractivity contribution in [3.63, 3.8) is 0 Å². The van der Waals surface area contributed by atoms with E-state index in [0.717, 1.165) is 11.1 Å². The number of rotatable bonds is 3. The van der Waals surface area contributed by atoms with Gasteiger partial charge in [0.15, 0.2) is 5.96 Å². The fourth-order valence-electron chi connectivity index (χ4n) is 5.30. The van der Waals surface area contributed by atoms with Crippen LogP contribution in [0.4, 0.5) is 4.39 Å². The molecule has 2 N–H and O–H groups in total. The van der Waals surface area contributed by atoms with E-state index in [9.17, 15) is 14.4 Å². The second kappa shape index (κ2) is 7.95. The van der Waals surface area contributed by atoms with Crippen molar-refractivity contribution >= 4 is 34.5 Å². The number of carbonyl (C=O) groups is 1. The van der Waals surface area contributed by atoms with Gasteiger partial charge in [-0.1, -0.05) is 18.2 Å². The molecule has 1 fully saturated rings. The lowest BCUT2D eigenvalue weighted by atomic mass is 9.68. The molecule has 2 unspecified atom stereocenters. The molecular formula is C24H22FIN4O3. The number of amides is 1. The van der Waals surface area contributed by atoms with Crippen molar-refractivity contribution in [1.29, 1.82) is 5.26 Å². The number of nitrogens with zero attached hydrogens (tertiary/aromatic N) is 3. The zero-order valence-corrected chi connectivity index (χ0v) is 20.1. The maximum atomic E-state index is 13.7. The van der Waals surface area contributed by atoms with Crippen LogP contribution in [-0.2, 0) is 15.1 Å². The first-order valence-corrected chi connectivity index (χ1v) is 12.0. The Labute approximate surface area is 204 Å². The van der Waals surface area contributed by atoms with E-state index in [4.69, 9.17) is 20.2 Å². The predicted octanol–water partition coefficient (Wildman–Crippen LogP) is 3.99. The minimum Gasteiger partial charge on any atom is -0.483 e. The lowest BCUT2D eigenvalue weighted by Gasteiger charge is -2.43. The molecule has 1 amide bonds. The number of alkyl halides is 2. The van der Waals surface area contributed by atoms with Gasteiger partial charge in [-0.25, -0.2) is 9.38 Å². The fraction of sp³-hybridized carbons (Fsp3) is 0.375. The summed E-state index contributed by atoms with van der Waals surface area (Å²) in [6, 6.07) is 15.1. The van der Waals surface area contributed by atoms with Crippen LogP contribution in [0.25, 0.3) is 11.1 Å². The van der Waals surface area contributed by atoms with Crippen LogP contribution in [0.3, 0.4) is 0 Å². The van der Waals surface area contributed by atoms with E-state index in [2.05, 4.69) is 6.07 Å². The summed E-state index contributed by atoms with van der Waals surface area (Å²) in [5.41, 5.74) is 6.83. The van der Waals surface area contributed by atoms with E-state index < -0.39 is 15.5 Å². The summed E-state index contributed by atoms with van der Waals surface area (Å²) in [6.45, 7) is 0. The number of carbonyl (C=O) groups excluding carboxylic acids is 1. The summed E-state index contributed by atoms with van der Waals surface area (Å²) in [5.74, 6) is 0.493. The molecule has 2 heterocycles. The van der Waals surface area contributed by atoms with Crippen molar-refractivity contribution in [1.82, 2.24) is 4.90 Å². The third kappa shape index (κ3) is 3.30. The Hall–Kier alpha value is -2.71. The second-order valence-electron chi connectivity index (χ2n) is 8.64. The highest BCUT2D eigenvalue weighted by Gasteiger charge is 2.69. The predicted molar refractivity (Wildman–Crippen MR) is 128 cm³/mol. The summed E-state index contributed by atoms with van der Waals surface area (Å²) in [4.78, 5) is 19.8. The highest BCUT2D eigenvalue weighted by molar-refractivity contribution is 14.1. The summed E-state index contributed by atoms with van der Waals surface area (Å²) in [7, 11) is 1.61.